The molecule has 0 unspecified atom stereocenters. The Bertz CT molecular complexity index is 484. The molecule has 0 aromatic rings. The summed E-state index contributed by atoms with van der Waals surface area (Å²) in [6.45, 7) is 0.124. The zero-order valence-electron chi connectivity index (χ0n) is 11.2. The van der Waals surface area contributed by atoms with E-state index in [1.165, 1.54) is 0 Å². The van der Waals surface area contributed by atoms with Crippen LogP contribution in [0.25, 0.3) is 0 Å². The standard InChI is InChI=1S/C12H20N2O5S/c15-10(16)12(4-1-5-12)8-13-11(17)14-9-2-6-20(18,19)7-3-9/h9H,1-8H2,(H,15,16)(H2,13,14,17). The number of urea groups is 1. The molecule has 1 saturated heterocycles. The minimum Gasteiger partial charge on any atom is -0.481 e. The van der Waals surface area contributed by atoms with Crippen molar-refractivity contribution in [3.63, 3.8) is 0 Å². The van der Waals surface area contributed by atoms with Gasteiger partial charge in [0.25, 0.3) is 0 Å². The van der Waals surface area contributed by atoms with Gasteiger partial charge >= 0.3 is 12.0 Å². The molecule has 2 rings (SSSR count). The van der Waals surface area contributed by atoms with Crippen molar-refractivity contribution in [1.29, 1.82) is 0 Å². The highest BCUT2D eigenvalue weighted by molar-refractivity contribution is 7.91. The monoisotopic (exact) mass is 304 g/mol. The second kappa shape index (κ2) is 5.59. The molecule has 0 aromatic carbocycles. The molecule has 20 heavy (non-hydrogen) atoms. The Labute approximate surface area is 118 Å². The van der Waals surface area contributed by atoms with Crippen molar-refractivity contribution >= 4 is 21.8 Å². The molecule has 2 fully saturated rings. The van der Waals surface area contributed by atoms with E-state index in [4.69, 9.17) is 5.11 Å². The molecule has 0 atom stereocenters. The van der Waals surface area contributed by atoms with Crippen LogP contribution in [0.2, 0.25) is 0 Å². The van der Waals surface area contributed by atoms with E-state index in [0.717, 1.165) is 6.42 Å². The highest BCUT2D eigenvalue weighted by Crippen LogP contribution is 2.40. The summed E-state index contributed by atoms with van der Waals surface area (Å²) in [6.07, 6.45) is 2.88. The summed E-state index contributed by atoms with van der Waals surface area (Å²) >= 11 is 0. The minimum absolute atomic E-state index is 0.0943. The van der Waals surface area contributed by atoms with Gasteiger partial charge in [0.2, 0.25) is 0 Å². The Kier molecular flexibility index (Phi) is 4.22. The highest BCUT2D eigenvalue weighted by Gasteiger charge is 2.44. The maximum Gasteiger partial charge on any atom is 0.315 e. The van der Waals surface area contributed by atoms with E-state index in [-0.39, 0.29) is 24.1 Å². The van der Waals surface area contributed by atoms with E-state index in [2.05, 4.69) is 10.6 Å². The Morgan fingerprint density at radius 1 is 1.20 bits per heavy atom. The zero-order valence-corrected chi connectivity index (χ0v) is 12.0. The lowest BCUT2D eigenvalue weighted by molar-refractivity contribution is -0.153. The van der Waals surface area contributed by atoms with E-state index in [1.807, 2.05) is 0 Å². The molecule has 2 amide bonds. The lowest BCUT2D eigenvalue weighted by Crippen LogP contribution is -2.52. The number of aliphatic carboxylic acids is 1. The summed E-state index contributed by atoms with van der Waals surface area (Å²) < 4.78 is 22.5. The van der Waals surface area contributed by atoms with Gasteiger partial charge in [0, 0.05) is 12.6 Å². The fourth-order valence-electron chi connectivity index (χ4n) is 2.59. The topological polar surface area (TPSA) is 113 Å². The van der Waals surface area contributed by atoms with Gasteiger partial charge in [-0.05, 0) is 25.7 Å². The Morgan fingerprint density at radius 3 is 2.25 bits per heavy atom. The van der Waals surface area contributed by atoms with Gasteiger partial charge in [-0.1, -0.05) is 6.42 Å². The van der Waals surface area contributed by atoms with Crippen LogP contribution in [0.3, 0.4) is 0 Å². The van der Waals surface area contributed by atoms with Crippen LogP contribution in [0.4, 0.5) is 4.79 Å². The van der Waals surface area contributed by atoms with Gasteiger partial charge in [0.1, 0.15) is 9.84 Å². The number of carboxylic acids is 1. The summed E-state index contributed by atoms with van der Waals surface area (Å²) in [6, 6.07) is -0.567. The molecule has 0 radical (unpaired) electrons. The van der Waals surface area contributed by atoms with Crippen molar-refractivity contribution in [2.45, 2.75) is 38.1 Å². The van der Waals surface area contributed by atoms with Crippen molar-refractivity contribution in [3.8, 4) is 0 Å². The maximum atomic E-state index is 11.7. The van der Waals surface area contributed by atoms with Crippen molar-refractivity contribution in [1.82, 2.24) is 10.6 Å². The van der Waals surface area contributed by atoms with Crippen molar-refractivity contribution in [3.05, 3.63) is 0 Å². The first kappa shape index (κ1) is 15.1. The molecule has 2 aliphatic rings. The van der Waals surface area contributed by atoms with Gasteiger partial charge in [-0.2, -0.15) is 0 Å². The van der Waals surface area contributed by atoms with Crippen LogP contribution in [0.5, 0.6) is 0 Å². The quantitative estimate of drug-likeness (QED) is 0.683. The summed E-state index contributed by atoms with van der Waals surface area (Å²) in [5.74, 6) is -0.679. The van der Waals surface area contributed by atoms with E-state index in [1.54, 1.807) is 0 Å². The van der Waals surface area contributed by atoms with Gasteiger partial charge in [-0.15, -0.1) is 0 Å². The third-order valence-corrected chi connectivity index (χ3v) is 5.96. The Hall–Kier alpha value is -1.31. The van der Waals surface area contributed by atoms with Gasteiger partial charge in [0.15, 0.2) is 0 Å². The van der Waals surface area contributed by atoms with Gasteiger partial charge in [-0.25, -0.2) is 13.2 Å². The van der Waals surface area contributed by atoms with E-state index >= 15 is 0 Å². The number of rotatable bonds is 4. The number of carbonyl (C=O) groups is 2. The van der Waals surface area contributed by atoms with E-state index in [0.29, 0.717) is 25.7 Å². The Morgan fingerprint density at radius 2 is 1.80 bits per heavy atom. The first-order valence-corrected chi connectivity index (χ1v) is 8.63. The molecule has 3 N–H and O–H groups in total. The number of amides is 2. The fraction of sp³-hybridized carbons (Fsp3) is 0.833. The van der Waals surface area contributed by atoms with Crippen molar-refractivity contribution in [2.24, 2.45) is 5.41 Å². The van der Waals surface area contributed by atoms with Crippen molar-refractivity contribution in [2.75, 3.05) is 18.1 Å². The number of hydrogen-bond acceptors (Lipinski definition) is 4. The molecular weight excluding hydrogens is 284 g/mol. The van der Waals surface area contributed by atoms with Crippen LogP contribution in [0.15, 0.2) is 0 Å². The first-order chi connectivity index (χ1) is 9.33. The number of sulfone groups is 1. The number of carboxylic acid groups (broad SMARTS) is 1. The fourth-order valence-corrected chi connectivity index (χ4v) is 4.08. The van der Waals surface area contributed by atoms with Crippen LogP contribution in [0.1, 0.15) is 32.1 Å². The average Bonchev–Trinajstić information content (AvgIpc) is 2.30. The van der Waals surface area contributed by atoms with Crippen LogP contribution < -0.4 is 10.6 Å². The second-order valence-corrected chi connectivity index (χ2v) is 8.00. The zero-order chi connectivity index (χ0) is 14.8. The maximum absolute atomic E-state index is 11.7. The highest BCUT2D eigenvalue weighted by atomic mass is 32.2. The molecule has 1 saturated carbocycles. The number of nitrogens with one attached hydrogen (secondary N) is 2. The van der Waals surface area contributed by atoms with Crippen LogP contribution in [-0.4, -0.2) is 49.6 Å². The lowest BCUT2D eigenvalue weighted by atomic mass is 9.69. The molecule has 114 valence electrons. The largest absolute Gasteiger partial charge is 0.481 e. The van der Waals surface area contributed by atoms with Gasteiger partial charge in [-0.3, -0.25) is 4.79 Å². The number of hydrogen-bond donors (Lipinski definition) is 3. The summed E-state index contributed by atoms with van der Waals surface area (Å²) in [7, 11) is -2.94. The molecule has 1 aliphatic carbocycles. The summed E-state index contributed by atoms with van der Waals surface area (Å²) in [5, 5.41) is 14.4. The molecule has 0 spiro atoms. The second-order valence-electron chi connectivity index (χ2n) is 5.69. The summed E-state index contributed by atoms with van der Waals surface area (Å²) in [5.41, 5.74) is -0.812. The summed E-state index contributed by atoms with van der Waals surface area (Å²) in [4.78, 5) is 22.9. The Balaban J connectivity index is 1.75. The lowest BCUT2D eigenvalue weighted by Gasteiger charge is -2.37. The number of carbonyl (C=O) groups excluding carboxylic acids is 1. The SMILES string of the molecule is O=C(NCC1(C(=O)O)CCC1)NC1CCS(=O)(=O)CC1. The molecule has 1 aliphatic heterocycles. The molecular formula is C12H20N2O5S. The molecule has 0 aromatic heterocycles. The predicted octanol–water partition coefficient (Wildman–Crippen LogP) is 0.118. The molecule has 0 bridgehead atoms. The third kappa shape index (κ3) is 3.41. The van der Waals surface area contributed by atoms with Crippen LogP contribution in [-0.2, 0) is 14.6 Å². The van der Waals surface area contributed by atoms with Gasteiger partial charge in [0.05, 0.1) is 16.9 Å². The smallest absolute Gasteiger partial charge is 0.315 e. The normalized spacial score (nSPS) is 24.4. The predicted molar refractivity (Wildman–Crippen MR) is 72.1 cm³/mol. The van der Waals surface area contributed by atoms with E-state index in [9.17, 15) is 18.0 Å². The minimum atomic E-state index is -2.94. The molecule has 1 heterocycles. The van der Waals surface area contributed by atoms with Crippen LogP contribution >= 0.6 is 0 Å². The van der Waals surface area contributed by atoms with Crippen molar-refractivity contribution < 1.29 is 23.1 Å². The first-order valence-electron chi connectivity index (χ1n) is 6.81. The molecule has 8 heteroatoms. The molecule has 7 nitrogen and oxygen atoms in total. The van der Waals surface area contributed by atoms with E-state index < -0.39 is 27.3 Å². The van der Waals surface area contributed by atoms with Gasteiger partial charge < -0.3 is 15.7 Å². The van der Waals surface area contributed by atoms with Crippen LogP contribution in [0, 0.1) is 5.41 Å². The average molecular weight is 304 g/mol. The third-order valence-electron chi connectivity index (χ3n) is 4.24.